The predicted molar refractivity (Wildman–Crippen MR) is 386 cm³/mol. The smallest absolute Gasteiger partial charge is 0.161 e. The molecule has 18 rings (SSSR count). The Balaban J connectivity index is 0.000000132. The molecule has 6 nitrogen and oxygen atoms in total. The van der Waals surface area contributed by atoms with Gasteiger partial charge in [0.25, 0.3) is 0 Å². The van der Waals surface area contributed by atoms with Gasteiger partial charge < -0.3 is 26.5 Å². The van der Waals surface area contributed by atoms with Crippen molar-refractivity contribution >= 4 is 323 Å². The van der Waals surface area contributed by atoms with Crippen molar-refractivity contribution in [2.45, 2.75) is 27.7 Å². The molecule has 0 saturated heterocycles. The molecular formula is C64H28Br8O6S6. The van der Waals surface area contributed by atoms with Gasteiger partial charge in [-0.25, -0.2) is 0 Å². The summed E-state index contributed by atoms with van der Waals surface area (Å²) in [5.41, 5.74) is 13.3. The Morgan fingerprint density at radius 3 is 0.869 bits per heavy atom. The standard InChI is InChI=1S/C32H14Br4O4S2.C32H14Br4O2S4/c1-11-3-5-13-17(7-11)37-25(21(13)33)31-23(35)27-29(41-31)15-9-20-16(10-19(15)39-27)30-28(40-20)24(36)32(42-30)26-22(34)14-6-4-12(2)8-18(14)38-26;1-11-3-5-13-19(7-11)39-29(21(13)33)31-23(35)25-27(41-31)15-9-18-16(10-17(15)37-25)28-26(38-18)24(36)32(42-28)30-22(34)14-6-4-12(2)8-20(14)40-30/h2*3-10H,1-2H3. The highest BCUT2D eigenvalue weighted by Gasteiger charge is 2.30. The van der Waals surface area contributed by atoms with Gasteiger partial charge in [0.2, 0.25) is 0 Å². The summed E-state index contributed by atoms with van der Waals surface area (Å²) in [5.74, 6) is 1.57. The van der Waals surface area contributed by atoms with Crippen molar-refractivity contribution in [3.63, 3.8) is 0 Å². The monoisotopic (exact) mass is 1720 g/mol. The van der Waals surface area contributed by atoms with E-state index < -0.39 is 0 Å². The Morgan fingerprint density at radius 1 is 0.250 bits per heavy atom. The third-order valence-electron chi connectivity index (χ3n) is 15.2. The van der Waals surface area contributed by atoms with Crippen molar-refractivity contribution in [1.82, 2.24) is 0 Å². The minimum absolute atomic E-state index is 0.787. The average Bonchev–Trinajstić information content (AvgIpc) is 2.56. The highest BCUT2D eigenvalue weighted by Crippen LogP contribution is 2.58. The number of hydrogen-bond donors (Lipinski definition) is 0. The van der Waals surface area contributed by atoms with E-state index in [1.807, 2.05) is 0 Å². The van der Waals surface area contributed by atoms with Gasteiger partial charge in [0.1, 0.15) is 33.5 Å². The van der Waals surface area contributed by atoms with Crippen LogP contribution in [0.3, 0.4) is 0 Å². The van der Waals surface area contributed by atoms with E-state index in [0.717, 1.165) is 175 Å². The van der Waals surface area contributed by atoms with E-state index in [4.69, 9.17) is 26.5 Å². The van der Waals surface area contributed by atoms with Crippen LogP contribution in [-0.4, -0.2) is 0 Å². The molecule has 12 aromatic heterocycles. The van der Waals surface area contributed by atoms with Gasteiger partial charge in [-0.1, -0.05) is 36.4 Å². The Hall–Kier alpha value is -3.84. The van der Waals surface area contributed by atoms with E-state index in [1.165, 1.54) is 50.8 Å². The molecular weight excluding hydrogens is 1700 g/mol. The number of fused-ring (bicyclic) bond motifs is 16. The van der Waals surface area contributed by atoms with Crippen molar-refractivity contribution in [2.75, 3.05) is 0 Å². The largest absolute Gasteiger partial charge is 0.454 e. The van der Waals surface area contributed by atoms with Crippen molar-refractivity contribution in [1.29, 1.82) is 0 Å². The van der Waals surface area contributed by atoms with Crippen molar-refractivity contribution in [3.8, 4) is 40.8 Å². The second-order valence-electron chi connectivity index (χ2n) is 20.7. The van der Waals surface area contributed by atoms with Crippen LogP contribution in [0.5, 0.6) is 0 Å². The van der Waals surface area contributed by atoms with Gasteiger partial charge in [-0.05, 0) is 238 Å². The molecule has 84 heavy (non-hydrogen) atoms. The van der Waals surface area contributed by atoms with Crippen LogP contribution in [-0.2, 0) is 0 Å². The lowest BCUT2D eigenvalue weighted by Crippen LogP contribution is -1.71. The molecule has 0 bridgehead atoms. The summed E-state index contributed by atoms with van der Waals surface area (Å²) in [7, 11) is 0. The molecule has 12 heterocycles. The molecule has 0 N–H and O–H groups in total. The van der Waals surface area contributed by atoms with E-state index in [-0.39, 0.29) is 0 Å². The highest BCUT2D eigenvalue weighted by atomic mass is 79.9. The van der Waals surface area contributed by atoms with Crippen molar-refractivity contribution in [3.05, 3.63) is 155 Å². The van der Waals surface area contributed by atoms with E-state index >= 15 is 0 Å². The van der Waals surface area contributed by atoms with Crippen LogP contribution in [0.4, 0.5) is 0 Å². The average molecular weight is 1720 g/mol. The molecule has 0 aliphatic carbocycles. The van der Waals surface area contributed by atoms with E-state index in [2.05, 4.69) is 252 Å². The number of halogens is 8. The van der Waals surface area contributed by atoms with Gasteiger partial charge >= 0.3 is 0 Å². The van der Waals surface area contributed by atoms with Crippen molar-refractivity contribution in [2.24, 2.45) is 0 Å². The molecule has 0 fully saturated rings. The van der Waals surface area contributed by atoms with Crippen LogP contribution in [0, 0.1) is 27.7 Å². The quantitative estimate of drug-likeness (QED) is 0.175. The molecule has 0 saturated carbocycles. The molecule has 0 atom stereocenters. The first kappa shape index (κ1) is 54.3. The number of rotatable bonds is 4. The van der Waals surface area contributed by atoms with Gasteiger partial charge in [-0.3, -0.25) is 0 Å². The van der Waals surface area contributed by atoms with Crippen LogP contribution >= 0.6 is 195 Å². The summed E-state index contributed by atoms with van der Waals surface area (Å²) in [4.78, 5) is 6.73. The second kappa shape index (κ2) is 19.8. The Kier molecular flexibility index (Phi) is 12.8. The van der Waals surface area contributed by atoms with Gasteiger partial charge in [-0.2, -0.15) is 0 Å². The Bertz CT molecular complexity index is 5210. The van der Waals surface area contributed by atoms with Gasteiger partial charge in [0.15, 0.2) is 33.9 Å². The Labute approximate surface area is 565 Å². The minimum Gasteiger partial charge on any atom is -0.454 e. The fraction of sp³-hybridized carbons (Fsp3) is 0.0625. The zero-order valence-corrected chi connectivity index (χ0v) is 60.7. The lowest BCUT2D eigenvalue weighted by molar-refractivity contribution is 0.629. The summed E-state index contributed by atoms with van der Waals surface area (Å²) < 4.78 is 53.4. The first-order valence-electron chi connectivity index (χ1n) is 25.7. The SMILES string of the molecule is Cc1ccc2c(Br)c(-c3sc4c(oc5cc6c(cc54)oc4c(Br)c(-c5oc7cc(C)ccc7c5Br)sc46)c3Br)oc2c1.Cc1ccc2c(Br)c(-c3sc4c(oc5cc6c(cc54)oc4c(Br)c(-c5sc7cc(C)ccc7c5Br)sc46)c3Br)sc2c1. The number of benzene rings is 6. The number of furan rings is 6. The van der Waals surface area contributed by atoms with Gasteiger partial charge in [0, 0.05) is 61.4 Å². The Morgan fingerprint density at radius 2 is 0.524 bits per heavy atom. The van der Waals surface area contributed by atoms with E-state index in [0.29, 0.717) is 0 Å². The zero-order valence-electron chi connectivity index (χ0n) is 43.2. The second-order valence-corrected chi connectivity index (χ2v) is 33.2. The molecule has 0 radical (unpaired) electrons. The third kappa shape index (κ3) is 8.07. The predicted octanol–water partition coefficient (Wildman–Crippen LogP) is 29.1. The molecule has 0 spiro atoms. The zero-order chi connectivity index (χ0) is 57.2. The van der Waals surface area contributed by atoms with Gasteiger partial charge in [-0.15, -0.1) is 68.0 Å². The molecule has 0 aliphatic rings. The molecule has 18 aromatic rings. The van der Waals surface area contributed by atoms with E-state index in [9.17, 15) is 0 Å². The molecule has 0 unspecified atom stereocenters. The number of aryl methyl sites for hydroxylation is 4. The maximum atomic E-state index is 6.54. The van der Waals surface area contributed by atoms with Crippen LogP contribution in [0.2, 0.25) is 0 Å². The molecule has 0 amide bonds. The molecule has 20 heteroatoms. The first-order chi connectivity index (χ1) is 40.5. The van der Waals surface area contributed by atoms with Crippen LogP contribution in [0.25, 0.3) is 168 Å². The summed E-state index contributed by atoms with van der Waals surface area (Å²) in [6.45, 7) is 8.40. The fourth-order valence-electron chi connectivity index (χ4n) is 11.1. The number of hydrogen-bond acceptors (Lipinski definition) is 12. The number of thiophene rings is 6. The van der Waals surface area contributed by atoms with Gasteiger partial charge in [0.05, 0.1) is 74.9 Å². The van der Waals surface area contributed by atoms with Crippen LogP contribution in [0.15, 0.2) is 159 Å². The van der Waals surface area contributed by atoms with Crippen LogP contribution < -0.4 is 0 Å². The molecule has 412 valence electrons. The normalized spacial score (nSPS) is 12.5. The maximum absolute atomic E-state index is 6.54. The maximum Gasteiger partial charge on any atom is 0.161 e. The molecule has 0 aliphatic heterocycles. The van der Waals surface area contributed by atoms with Crippen LogP contribution in [0.1, 0.15) is 22.3 Å². The summed E-state index contributed by atoms with van der Waals surface area (Å²) >= 11 is 41.1. The summed E-state index contributed by atoms with van der Waals surface area (Å²) in [6.07, 6.45) is 0. The highest BCUT2D eigenvalue weighted by molar-refractivity contribution is 9.12. The lowest BCUT2D eigenvalue weighted by atomic mass is 10.2. The fourth-order valence-corrected chi connectivity index (χ4v) is 25.5. The van der Waals surface area contributed by atoms with E-state index in [1.54, 1.807) is 68.0 Å². The third-order valence-corrected chi connectivity index (χ3v) is 30.5. The minimum atomic E-state index is 0.787. The first-order valence-corrected chi connectivity index (χ1v) is 36.9. The summed E-state index contributed by atoms with van der Waals surface area (Å²) in [6, 6.07) is 34.1. The molecule has 6 aromatic carbocycles. The summed E-state index contributed by atoms with van der Waals surface area (Å²) in [5, 5.41) is 8.72. The van der Waals surface area contributed by atoms with Crippen molar-refractivity contribution < 1.29 is 26.5 Å². The topological polar surface area (TPSA) is 78.8 Å². The lowest BCUT2D eigenvalue weighted by Gasteiger charge is -1.97.